The average Bonchev–Trinajstić information content (AvgIpc) is 3.57. The van der Waals surface area contributed by atoms with Crippen LogP contribution in [0.4, 0.5) is 15.2 Å². The lowest BCUT2D eigenvalue weighted by Gasteiger charge is -2.26. The third kappa shape index (κ3) is 5.31. The minimum atomic E-state index is -1.43. The normalized spacial score (nSPS) is 17.9. The van der Waals surface area contributed by atoms with Crippen LogP contribution in [0.3, 0.4) is 0 Å². The quantitative estimate of drug-likeness (QED) is 0.236. The van der Waals surface area contributed by atoms with Crippen molar-refractivity contribution in [3.05, 3.63) is 72.0 Å². The molecular weight excluding hydrogens is 535 g/mol. The second-order valence-electron chi connectivity index (χ2n) is 9.49. The Kier molecular flexibility index (Phi) is 6.78. The number of nitrogens with one attached hydrogen (secondary N) is 4. The highest BCUT2D eigenvalue weighted by molar-refractivity contribution is 7.22. The predicted octanol–water partition coefficient (Wildman–Crippen LogP) is 4.60. The molecule has 1 fully saturated rings. The highest BCUT2D eigenvalue weighted by Crippen LogP contribution is 2.35. The van der Waals surface area contributed by atoms with Crippen LogP contribution in [-0.2, 0) is 16.0 Å². The van der Waals surface area contributed by atoms with Crippen LogP contribution in [0.25, 0.3) is 10.2 Å². The summed E-state index contributed by atoms with van der Waals surface area (Å²) in [5.74, 6) is 0.315. The van der Waals surface area contributed by atoms with Crippen molar-refractivity contribution in [3.63, 3.8) is 0 Å². The van der Waals surface area contributed by atoms with Gasteiger partial charge in [-0.25, -0.2) is 19.8 Å². The summed E-state index contributed by atoms with van der Waals surface area (Å²) in [5, 5.41) is 6.04. The summed E-state index contributed by atoms with van der Waals surface area (Å²) < 4.78 is 27.0. The van der Waals surface area contributed by atoms with E-state index in [1.165, 1.54) is 35.9 Å². The van der Waals surface area contributed by atoms with Crippen molar-refractivity contribution >= 4 is 50.5 Å². The van der Waals surface area contributed by atoms with Gasteiger partial charge >= 0.3 is 0 Å². The van der Waals surface area contributed by atoms with Gasteiger partial charge in [0.25, 0.3) is 5.91 Å². The van der Waals surface area contributed by atoms with E-state index in [2.05, 4.69) is 31.5 Å². The Bertz CT molecular complexity index is 1640. The van der Waals surface area contributed by atoms with Crippen molar-refractivity contribution in [2.45, 2.75) is 24.9 Å². The first-order valence-corrected chi connectivity index (χ1v) is 13.4. The SMILES string of the molecule is COc1ccccc1CC1(C(=O)Nc2cc(Oc3ccc4nc(NC(=O)C5CC5)sc4c3)ccc2F)N=CNN1. The molecule has 40 heavy (non-hydrogen) atoms. The van der Waals surface area contributed by atoms with Gasteiger partial charge in [0.05, 0.1) is 29.4 Å². The number of fused-ring (bicyclic) bond motifs is 1. The first kappa shape index (κ1) is 25.7. The summed E-state index contributed by atoms with van der Waals surface area (Å²) in [6, 6.07) is 16.7. The number of anilines is 2. The summed E-state index contributed by atoms with van der Waals surface area (Å²) in [6.45, 7) is 0. The van der Waals surface area contributed by atoms with Gasteiger partial charge in [-0.1, -0.05) is 29.5 Å². The Morgan fingerprint density at radius 2 is 1.90 bits per heavy atom. The Labute approximate surface area is 232 Å². The van der Waals surface area contributed by atoms with Gasteiger partial charge in [0, 0.05) is 24.5 Å². The molecular formula is C28H25FN6O4S. The van der Waals surface area contributed by atoms with E-state index >= 15 is 0 Å². The van der Waals surface area contributed by atoms with E-state index < -0.39 is 17.4 Å². The molecule has 1 atom stereocenters. The zero-order chi connectivity index (χ0) is 27.7. The number of aliphatic imine (C=N–C) groups is 1. The molecule has 6 rings (SSSR count). The van der Waals surface area contributed by atoms with Gasteiger partial charge in [-0.15, -0.1) is 0 Å². The van der Waals surface area contributed by atoms with Gasteiger partial charge in [0.2, 0.25) is 11.6 Å². The van der Waals surface area contributed by atoms with E-state index in [4.69, 9.17) is 9.47 Å². The van der Waals surface area contributed by atoms with Crippen molar-refractivity contribution < 1.29 is 23.5 Å². The first-order chi connectivity index (χ1) is 19.4. The van der Waals surface area contributed by atoms with Crippen molar-refractivity contribution in [3.8, 4) is 17.2 Å². The molecule has 4 N–H and O–H groups in total. The molecule has 2 heterocycles. The van der Waals surface area contributed by atoms with Gasteiger partial charge < -0.3 is 25.5 Å². The highest BCUT2D eigenvalue weighted by Gasteiger charge is 2.41. The maximum Gasteiger partial charge on any atom is 0.269 e. The number of rotatable bonds is 9. The molecule has 1 aliphatic heterocycles. The number of hydrogen-bond acceptors (Lipinski definition) is 9. The van der Waals surface area contributed by atoms with Crippen LogP contribution in [0.1, 0.15) is 18.4 Å². The van der Waals surface area contributed by atoms with E-state index in [-0.39, 0.29) is 23.9 Å². The number of carbonyl (C=O) groups is 2. The van der Waals surface area contributed by atoms with Crippen molar-refractivity contribution in [2.24, 2.45) is 10.9 Å². The Hall–Kier alpha value is -4.55. The lowest BCUT2D eigenvalue weighted by atomic mass is 9.98. The van der Waals surface area contributed by atoms with Gasteiger partial charge in [-0.05, 0) is 48.7 Å². The fraction of sp³-hybridized carbons (Fsp3) is 0.214. The molecule has 204 valence electrons. The van der Waals surface area contributed by atoms with Crippen LogP contribution in [0, 0.1) is 11.7 Å². The Balaban J connectivity index is 1.19. The molecule has 1 aromatic heterocycles. The molecule has 0 bridgehead atoms. The lowest BCUT2D eigenvalue weighted by Crippen LogP contribution is -2.55. The predicted molar refractivity (Wildman–Crippen MR) is 150 cm³/mol. The molecule has 0 spiro atoms. The van der Waals surface area contributed by atoms with E-state index in [0.717, 1.165) is 28.6 Å². The summed E-state index contributed by atoms with van der Waals surface area (Å²) >= 11 is 1.35. The van der Waals surface area contributed by atoms with Crippen molar-refractivity contribution in [1.29, 1.82) is 0 Å². The summed E-state index contributed by atoms with van der Waals surface area (Å²) in [6.07, 6.45) is 3.36. The number of nitrogens with zero attached hydrogens (tertiary/aromatic N) is 2. The molecule has 0 saturated heterocycles. The number of benzene rings is 3. The summed E-state index contributed by atoms with van der Waals surface area (Å²) in [4.78, 5) is 34.3. The van der Waals surface area contributed by atoms with Crippen LogP contribution in [0.2, 0.25) is 0 Å². The lowest BCUT2D eigenvalue weighted by molar-refractivity contribution is -0.122. The second kappa shape index (κ2) is 10.5. The van der Waals surface area contributed by atoms with Crippen LogP contribution in [0.15, 0.2) is 65.7 Å². The number of halogens is 1. The standard InChI is InChI=1S/C28H25FN6O4S/c1-38-23-5-3-2-4-17(23)14-28(30-15-31-35-28)26(37)32-22-12-18(8-10-20(22)29)39-19-9-11-21-24(13-19)40-27(33-21)34-25(36)16-6-7-16/h2-5,8-13,15-16,35H,6-7,14H2,1H3,(H,30,31)(H,32,37)(H,33,34,36). The second-order valence-corrected chi connectivity index (χ2v) is 10.5. The minimum Gasteiger partial charge on any atom is -0.496 e. The molecule has 3 aromatic carbocycles. The Morgan fingerprint density at radius 1 is 1.10 bits per heavy atom. The van der Waals surface area contributed by atoms with Crippen molar-refractivity contribution in [2.75, 3.05) is 17.7 Å². The fourth-order valence-corrected chi connectivity index (χ4v) is 5.23. The molecule has 2 amide bonds. The van der Waals surface area contributed by atoms with E-state index in [0.29, 0.717) is 22.4 Å². The molecule has 2 aliphatic rings. The van der Waals surface area contributed by atoms with Crippen LogP contribution < -0.4 is 31.0 Å². The van der Waals surface area contributed by atoms with E-state index in [1.54, 1.807) is 31.4 Å². The number of aromatic nitrogens is 1. The van der Waals surface area contributed by atoms with Crippen LogP contribution >= 0.6 is 11.3 Å². The fourth-order valence-electron chi connectivity index (χ4n) is 4.34. The number of thiazole rings is 1. The Morgan fingerprint density at radius 3 is 2.67 bits per heavy atom. The van der Waals surface area contributed by atoms with Gasteiger partial charge in [0.15, 0.2) is 5.13 Å². The van der Waals surface area contributed by atoms with E-state index in [1.807, 2.05) is 18.2 Å². The molecule has 12 heteroatoms. The number of ether oxygens (including phenoxy) is 2. The smallest absolute Gasteiger partial charge is 0.269 e. The van der Waals surface area contributed by atoms with E-state index in [9.17, 15) is 14.0 Å². The molecule has 1 unspecified atom stereocenters. The maximum absolute atomic E-state index is 14.8. The molecule has 1 aliphatic carbocycles. The molecule has 1 saturated carbocycles. The first-order valence-electron chi connectivity index (χ1n) is 12.6. The minimum absolute atomic E-state index is 0.00428. The molecule has 10 nitrogen and oxygen atoms in total. The maximum atomic E-state index is 14.8. The summed E-state index contributed by atoms with van der Waals surface area (Å²) in [5.41, 5.74) is 5.61. The number of amides is 2. The molecule has 0 radical (unpaired) electrons. The van der Waals surface area contributed by atoms with Gasteiger partial charge in [0.1, 0.15) is 23.1 Å². The van der Waals surface area contributed by atoms with Crippen LogP contribution in [-0.4, -0.2) is 35.9 Å². The van der Waals surface area contributed by atoms with Gasteiger partial charge in [-0.2, -0.15) is 0 Å². The highest BCUT2D eigenvalue weighted by atomic mass is 32.1. The third-order valence-corrected chi connectivity index (χ3v) is 7.54. The summed E-state index contributed by atoms with van der Waals surface area (Å²) in [7, 11) is 1.55. The largest absolute Gasteiger partial charge is 0.496 e. The third-order valence-electron chi connectivity index (χ3n) is 6.60. The average molecular weight is 561 g/mol. The van der Waals surface area contributed by atoms with Crippen molar-refractivity contribution in [1.82, 2.24) is 15.8 Å². The number of methoxy groups -OCH3 is 1. The zero-order valence-corrected chi connectivity index (χ0v) is 22.2. The topological polar surface area (TPSA) is 126 Å². The number of hydrazine groups is 1. The molecule has 4 aromatic rings. The number of hydrogen-bond donors (Lipinski definition) is 4. The monoisotopic (exact) mass is 560 g/mol. The zero-order valence-electron chi connectivity index (χ0n) is 21.4. The van der Waals surface area contributed by atoms with Gasteiger partial charge in [-0.3, -0.25) is 9.59 Å². The number of para-hydroxylation sites is 1. The number of carbonyl (C=O) groups excluding carboxylic acids is 2. The van der Waals surface area contributed by atoms with Crippen LogP contribution in [0.5, 0.6) is 17.2 Å².